The van der Waals surface area contributed by atoms with Crippen LogP contribution in [-0.4, -0.2) is 12.6 Å². The van der Waals surface area contributed by atoms with Crippen LogP contribution in [-0.2, 0) is 9.53 Å². The third-order valence-corrected chi connectivity index (χ3v) is 1.97. The monoisotopic (exact) mass is 197 g/mol. The van der Waals surface area contributed by atoms with Gasteiger partial charge in [0.25, 0.3) is 0 Å². The Morgan fingerprint density at radius 2 is 2.07 bits per heavy atom. The number of hydrogen-bond donors (Lipinski definition) is 0. The molecule has 0 aromatic rings. The number of carbonyl (C=O) groups excluding carboxylic acids is 1. The van der Waals surface area contributed by atoms with Crippen LogP contribution in [0.4, 0.5) is 0 Å². The minimum absolute atomic E-state index is 0.349. The summed E-state index contributed by atoms with van der Waals surface area (Å²) in [5, 5.41) is 8.84. The number of nitriles is 1. The average Bonchev–Trinajstić information content (AvgIpc) is 2.03. The van der Waals surface area contributed by atoms with E-state index in [1.165, 1.54) is 0 Å². The van der Waals surface area contributed by atoms with E-state index in [1.807, 2.05) is 33.8 Å². The zero-order valence-corrected chi connectivity index (χ0v) is 9.46. The highest BCUT2D eigenvalue weighted by molar-refractivity contribution is 5.76. The van der Waals surface area contributed by atoms with E-state index in [0.717, 1.165) is 12.8 Å². The molecule has 0 saturated carbocycles. The number of esters is 1. The predicted octanol–water partition coefficient (Wildman–Crippen LogP) is 2.52. The van der Waals surface area contributed by atoms with Gasteiger partial charge >= 0.3 is 5.97 Å². The number of unbranched alkanes of at least 4 members (excludes halogenated alkanes) is 1. The summed E-state index contributed by atoms with van der Waals surface area (Å²) >= 11 is 0. The van der Waals surface area contributed by atoms with Crippen molar-refractivity contribution in [3.63, 3.8) is 0 Å². The molecule has 0 spiro atoms. The van der Waals surface area contributed by atoms with Gasteiger partial charge in [-0.05, 0) is 11.8 Å². The van der Waals surface area contributed by atoms with Gasteiger partial charge in [0, 0.05) is 0 Å². The fraction of sp³-hybridized carbons (Fsp3) is 0.818. The van der Waals surface area contributed by atoms with Crippen LogP contribution in [0.5, 0.6) is 0 Å². The largest absolute Gasteiger partial charge is 0.465 e. The van der Waals surface area contributed by atoms with E-state index in [4.69, 9.17) is 10.00 Å². The van der Waals surface area contributed by atoms with Crippen LogP contribution in [0, 0.1) is 22.7 Å². The van der Waals surface area contributed by atoms with E-state index in [9.17, 15) is 4.79 Å². The van der Waals surface area contributed by atoms with Crippen molar-refractivity contribution in [1.82, 2.24) is 0 Å². The topological polar surface area (TPSA) is 50.1 Å². The molecule has 14 heavy (non-hydrogen) atoms. The molecule has 0 bridgehead atoms. The maximum atomic E-state index is 11.5. The molecule has 3 nitrogen and oxygen atoms in total. The Hall–Kier alpha value is -1.04. The van der Waals surface area contributed by atoms with E-state index in [-0.39, 0.29) is 5.41 Å². The maximum Gasteiger partial charge on any atom is 0.323 e. The van der Waals surface area contributed by atoms with Gasteiger partial charge in [-0.2, -0.15) is 5.26 Å². The van der Waals surface area contributed by atoms with Crippen LogP contribution in [0.3, 0.4) is 0 Å². The minimum atomic E-state index is -0.667. The highest BCUT2D eigenvalue weighted by Crippen LogP contribution is 2.26. The van der Waals surface area contributed by atoms with Crippen molar-refractivity contribution in [2.45, 2.75) is 40.5 Å². The highest BCUT2D eigenvalue weighted by Gasteiger charge is 2.32. The van der Waals surface area contributed by atoms with Gasteiger partial charge in [-0.3, -0.25) is 4.79 Å². The molecule has 3 heteroatoms. The lowest BCUT2D eigenvalue weighted by molar-refractivity contribution is -0.149. The Kier molecular flexibility index (Phi) is 5.22. The summed E-state index contributed by atoms with van der Waals surface area (Å²) in [5.74, 6) is -1.06. The van der Waals surface area contributed by atoms with Gasteiger partial charge in [0.1, 0.15) is 5.92 Å². The summed E-state index contributed by atoms with van der Waals surface area (Å²) < 4.78 is 5.00. The first-order valence-corrected chi connectivity index (χ1v) is 4.99. The molecule has 0 radical (unpaired) electrons. The van der Waals surface area contributed by atoms with Crippen LogP contribution >= 0.6 is 0 Å². The third-order valence-electron chi connectivity index (χ3n) is 1.97. The number of hydrogen-bond acceptors (Lipinski definition) is 3. The molecule has 0 saturated heterocycles. The number of carbonyl (C=O) groups is 1. The van der Waals surface area contributed by atoms with E-state index >= 15 is 0 Å². The molecule has 0 aliphatic heterocycles. The molecule has 0 aliphatic rings. The molecule has 0 rings (SSSR count). The van der Waals surface area contributed by atoms with Gasteiger partial charge in [0.2, 0.25) is 0 Å². The van der Waals surface area contributed by atoms with Crippen LogP contribution < -0.4 is 0 Å². The molecular weight excluding hydrogens is 178 g/mol. The van der Waals surface area contributed by atoms with Crippen molar-refractivity contribution in [1.29, 1.82) is 5.26 Å². The second-order valence-corrected chi connectivity index (χ2v) is 4.45. The standard InChI is InChI=1S/C11H19NO2/c1-5-6-7-14-10(13)9(8-12)11(2,3)4/h9H,5-7H2,1-4H3. The van der Waals surface area contributed by atoms with E-state index in [1.54, 1.807) is 0 Å². The first-order chi connectivity index (χ1) is 6.43. The lowest BCUT2D eigenvalue weighted by Gasteiger charge is -2.22. The van der Waals surface area contributed by atoms with Crippen molar-refractivity contribution in [2.75, 3.05) is 6.61 Å². The van der Waals surface area contributed by atoms with Gasteiger partial charge in [0.15, 0.2) is 0 Å². The molecule has 0 aromatic heterocycles. The van der Waals surface area contributed by atoms with Crippen LogP contribution in [0.1, 0.15) is 40.5 Å². The molecular formula is C11H19NO2. The zero-order chi connectivity index (χ0) is 11.2. The van der Waals surface area contributed by atoms with Gasteiger partial charge in [0.05, 0.1) is 12.7 Å². The van der Waals surface area contributed by atoms with Crippen LogP contribution in [0.25, 0.3) is 0 Å². The normalized spacial score (nSPS) is 13.1. The van der Waals surface area contributed by atoms with Crippen molar-refractivity contribution >= 4 is 5.97 Å². The van der Waals surface area contributed by atoms with Crippen molar-refractivity contribution in [3.8, 4) is 6.07 Å². The first-order valence-electron chi connectivity index (χ1n) is 4.99. The Bertz CT molecular complexity index is 222. The Labute approximate surface area is 86.1 Å². The second-order valence-electron chi connectivity index (χ2n) is 4.45. The lowest BCUT2D eigenvalue weighted by atomic mass is 9.82. The Morgan fingerprint density at radius 1 is 1.50 bits per heavy atom. The summed E-state index contributed by atoms with van der Waals surface area (Å²) in [6.07, 6.45) is 1.84. The fourth-order valence-electron chi connectivity index (χ4n) is 1.00. The number of rotatable bonds is 4. The molecule has 80 valence electrons. The van der Waals surface area contributed by atoms with Crippen molar-refractivity contribution in [3.05, 3.63) is 0 Å². The van der Waals surface area contributed by atoms with E-state index in [0.29, 0.717) is 6.61 Å². The third kappa shape index (κ3) is 4.27. The molecule has 0 heterocycles. The SMILES string of the molecule is CCCCOC(=O)C(C#N)C(C)(C)C. The minimum Gasteiger partial charge on any atom is -0.465 e. The number of ether oxygens (including phenoxy) is 1. The fourth-order valence-corrected chi connectivity index (χ4v) is 1.00. The highest BCUT2D eigenvalue weighted by atomic mass is 16.5. The quantitative estimate of drug-likeness (QED) is 0.514. The summed E-state index contributed by atoms with van der Waals surface area (Å²) in [4.78, 5) is 11.5. The summed E-state index contributed by atoms with van der Waals surface area (Å²) in [7, 11) is 0. The lowest BCUT2D eigenvalue weighted by Crippen LogP contribution is -2.29. The summed E-state index contributed by atoms with van der Waals surface area (Å²) in [6, 6.07) is 1.99. The second kappa shape index (κ2) is 5.64. The van der Waals surface area contributed by atoms with Crippen molar-refractivity contribution in [2.24, 2.45) is 11.3 Å². The summed E-state index contributed by atoms with van der Waals surface area (Å²) in [5.41, 5.74) is -0.349. The number of nitrogens with zero attached hydrogens (tertiary/aromatic N) is 1. The smallest absolute Gasteiger partial charge is 0.323 e. The van der Waals surface area contributed by atoms with Crippen LogP contribution in [0.2, 0.25) is 0 Å². The van der Waals surface area contributed by atoms with Crippen LogP contribution in [0.15, 0.2) is 0 Å². The molecule has 0 fully saturated rings. The summed E-state index contributed by atoms with van der Waals surface area (Å²) in [6.45, 7) is 8.04. The zero-order valence-electron chi connectivity index (χ0n) is 9.46. The molecule has 0 aliphatic carbocycles. The molecule has 0 amide bonds. The van der Waals surface area contributed by atoms with Gasteiger partial charge in [-0.1, -0.05) is 34.1 Å². The van der Waals surface area contributed by atoms with E-state index < -0.39 is 11.9 Å². The molecule has 1 atom stereocenters. The Balaban J connectivity index is 4.15. The molecule has 0 N–H and O–H groups in total. The van der Waals surface area contributed by atoms with E-state index in [2.05, 4.69) is 0 Å². The van der Waals surface area contributed by atoms with Gasteiger partial charge in [-0.15, -0.1) is 0 Å². The average molecular weight is 197 g/mol. The maximum absolute atomic E-state index is 11.5. The van der Waals surface area contributed by atoms with Gasteiger partial charge in [-0.25, -0.2) is 0 Å². The van der Waals surface area contributed by atoms with Gasteiger partial charge < -0.3 is 4.74 Å². The molecule has 0 aromatic carbocycles. The first kappa shape index (κ1) is 13.0. The Morgan fingerprint density at radius 3 is 2.43 bits per heavy atom. The van der Waals surface area contributed by atoms with Crippen molar-refractivity contribution < 1.29 is 9.53 Å². The molecule has 1 unspecified atom stereocenters. The predicted molar refractivity (Wildman–Crippen MR) is 54.4 cm³/mol.